The minimum absolute atomic E-state index is 0.193. The van der Waals surface area contributed by atoms with E-state index in [2.05, 4.69) is 16.9 Å². The van der Waals surface area contributed by atoms with Crippen molar-refractivity contribution < 1.29 is 14.3 Å². The monoisotopic (exact) mass is 269 g/mol. The number of hydrogen-bond donors (Lipinski definition) is 1. The van der Waals surface area contributed by atoms with Crippen LogP contribution < -0.4 is 5.32 Å². The molecule has 0 saturated heterocycles. The number of carbonyl (C=O) groups is 2. The lowest BCUT2D eigenvalue weighted by atomic mass is 10.5. The fraction of sp³-hybridized carbons (Fsp3) is 0.364. The minimum Gasteiger partial charge on any atom is -0.451 e. The zero-order valence-electron chi connectivity index (χ0n) is 10.3. The number of esters is 1. The van der Waals surface area contributed by atoms with Crippen LogP contribution in [0.1, 0.15) is 10.5 Å². The van der Waals surface area contributed by atoms with E-state index in [1.165, 1.54) is 16.2 Å². The zero-order chi connectivity index (χ0) is 13.5. The number of ether oxygens (including phenoxy) is 1. The van der Waals surface area contributed by atoms with E-state index in [9.17, 15) is 9.59 Å². The van der Waals surface area contributed by atoms with Crippen molar-refractivity contribution in [2.24, 2.45) is 0 Å². The minimum atomic E-state index is -0.604. The summed E-state index contributed by atoms with van der Waals surface area (Å²) in [5, 5.41) is 5.15. The van der Waals surface area contributed by atoms with Crippen LogP contribution >= 0.6 is 11.3 Å². The Morgan fingerprint density at radius 1 is 1.61 bits per heavy atom. The van der Waals surface area contributed by atoms with E-state index in [1.807, 2.05) is 0 Å². The molecule has 1 aromatic rings. The van der Waals surface area contributed by atoms with Crippen molar-refractivity contribution in [1.82, 2.24) is 9.88 Å². The lowest BCUT2D eigenvalue weighted by Gasteiger charge is -2.09. The van der Waals surface area contributed by atoms with Gasteiger partial charge in [-0.15, -0.1) is 17.9 Å². The first-order valence-electron chi connectivity index (χ1n) is 5.22. The van der Waals surface area contributed by atoms with E-state index < -0.39 is 5.97 Å². The van der Waals surface area contributed by atoms with Crippen LogP contribution in [0, 0.1) is 0 Å². The van der Waals surface area contributed by atoms with Gasteiger partial charge in [-0.3, -0.25) is 4.79 Å². The molecule has 0 saturated carbocycles. The number of nitrogens with zero attached hydrogens (tertiary/aromatic N) is 2. The molecule has 0 aliphatic rings. The van der Waals surface area contributed by atoms with Crippen LogP contribution in [0.15, 0.2) is 18.0 Å². The molecule has 18 heavy (non-hydrogen) atoms. The van der Waals surface area contributed by atoms with Gasteiger partial charge in [0.15, 0.2) is 17.4 Å². The number of anilines is 1. The average molecular weight is 269 g/mol. The summed E-state index contributed by atoms with van der Waals surface area (Å²) in [5.41, 5.74) is 0.193. The third-order valence-electron chi connectivity index (χ3n) is 1.94. The smallest absolute Gasteiger partial charge is 0.358 e. The molecule has 0 aromatic carbocycles. The molecule has 7 heteroatoms. The lowest BCUT2D eigenvalue weighted by molar-refractivity contribution is -0.131. The van der Waals surface area contributed by atoms with Crippen molar-refractivity contribution in [3.63, 3.8) is 0 Å². The molecule has 0 aliphatic heterocycles. The molecule has 6 nitrogen and oxygen atoms in total. The van der Waals surface area contributed by atoms with Gasteiger partial charge in [-0.05, 0) is 0 Å². The summed E-state index contributed by atoms with van der Waals surface area (Å²) in [6.07, 6.45) is 1.69. The number of likely N-dealkylation sites (N-methyl/N-ethyl adjacent to an activating group) is 1. The molecule has 1 aromatic heterocycles. The van der Waals surface area contributed by atoms with Crippen LogP contribution in [-0.2, 0) is 9.53 Å². The third kappa shape index (κ3) is 4.17. The second-order valence-electron chi connectivity index (χ2n) is 3.57. The van der Waals surface area contributed by atoms with Crippen LogP contribution in [0.25, 0.3) is 0 Å². The van der Waals surface area contributed by atoms with Crippen LogP contribution in [0.3, 0.4) is 0 Å². The maximum Gasteiger partial charge on any atom is 0.358 e. The predicted octanol–water partition coefficient (Wildman–Crippen LogP) is 0.986. The highest BCUT2D eigenvalue weighted by molar-refractivity contribution is 7.13. The molecule has 98 valence electrons. The van der Waals surface area contributed by atoms with Crippen LogP contribution in [-0.4, -0.2) is 49.0 Å². The second-order valence-corrected chi connectivity index (χ2v) is 4.43. The van der Waals surface area contributed by atoms with Crippen molar-refractivity contribution in [1.29, 1.82) is 0 Å². The molecule has 0 aliphatic carbocycles. The Labute approximate surface area is 109 Å². The summed E-state index contributed by atoms with van der Waals surface area (Å²) >= 11 is 1.29. The van der Waals surface area contributed by atoms with Crippen molar-refractivity contribution in [2.75, 3.05) is 32.6 Å². The lowest BCUT2D eigenvalue weighted by Crippen LogP contribution is -2.27. The highest BCUT2D eigenvalue weighted by atomic mass is 32.1. The van der Waals surface area contributed by atoms with Crippen LogP contribution in [0.4, 0.5) is 5.13 Å². The Kier molecular flexibility index (Phi) is 5.31. The zero-order valence-corrected chi connectivity index (χ0v) is 11.1. The van der Waals surface area contributed by atoms with Crippen molar-refractivity contribution >= 4 is 28.3 Å². The van der Waals surface area contributed by atoms with E-state index in [1.54, 1.807) is 25.6 Å². The number of carbonyl (C=O) groups excluding carboxylic acids is 2. The first-order valence-corrected chi connectivity index (χ1v) is 6.10. The Bertz CT molecular complexity index is 442. The van der Waals surface area contributed by atoms with E-state index in [4.69, 9.17) is 4.74 Å². The number of nitrogens with one attached hydrogen (secondary N) is 1. The summed E-state index contributed by atoms with van der Waals surface area (Å²) in [6.45, 7) is 3.86. The van der Waals surface area contributed by atoms with Gasteiger partial charge in [-0.2, -0.15) is 0 Å². The fourth-order valence-corrected chi connectivity index (χ4v) is 1.63. The molecule has 0 fully saturated rings. The SMILES string of the molecule is C=CCNc1nc(C(=O)OCC(=O)N(C)C)cs1. The second kappa shape index (κ2) is 6.75. The molecular weight excluding hydrogens is 254 g/mol. The van der Waals surface area contributed by atoms with Gasteiger partial charge < -0.3 is 15.0 Å². The first kappa shape index (κ1) is 14.2. The van der Waals surface area contributed by atoms with Gasteiger partial charge in [0.25, 0.3) is 5.91 Å². The number of amides is 1. The molecule has 1 amide bonds. The molecule has 0 unspecified atom stereocenters. The van der Waals surface area contributed by atoms with Crippen LogP contribution in [0.5, 0.6) is 0 Å². The van der Waals surface area contributed by atoms with Gasteiger partial charge in [0.1, 0.15) is 0 Å². The van der Waals surface area contributed by atoms with E-state index in [-0.39, 0.29) is 18.2 Å². The summed E-state index contributed by atoms with van der Waals surface area (Å²) in [6, 6.07) is 0. The molecular formula is C11H15N3O3S. The molecule has 0 radical (unpaired) electrons. The summed E-state index contributed by atoms with van der Waals surface area (Å²) in [7, 11) is 3.19. The third-order valence-corrected chi connectivity index (χ3v) is 2.74. The first-order chi connectivity index (χ1) is 8.54. The number of rotatable bonds is 6. The maximum absolute atomic E-state index is 11.6. The normalized spacial score (nSPS) is 9.67. The van der Waals surface area contributed by atoms with Crippen molar-refractivity contribution in [2.45, 2.75) is 0 Å². The summed E-state index contributed by atoms with van der Waals surface area (Å²) < 4.78 is 4.84. The van der Waals surface area contributed by atoms with Gasteiger partial charge in [-0.1, -0.05) is 6.08 Å². The summed E-state index contributed by atoms with van der Waals surface area (Å²) in [4.78, 5) is 28.2. The number of thiazole rings is 1. The van der Waals surface area contributed by atoms with Gasteiger partial charge in [0.2, 0.25) is 0 Å². The van der Waals surface area contributed by atoms with Crippen molar-refractivity contribution in [3.8, 4) is 0 Å². The van der Waals surface area contributed by atoms with Gasteiger partial charge in [0.05, 0.1) is 0 Å². The Balaban J connectivity index is 2.49. The topological polar surface area (TPSA) is 71.5 Å². The predicted molar refractivity (Wildman–Crippen MR) is 69.8 cm³/mol. The molecule has 0 spiro atoms. The number of hydrogen-bond acceptors (Lipinski definition) is 6. The summed E-state index contributed by atoms with van der Waals surface area (Å²) in [5.74, 6) is -0.878. The molecule has 1 rings (SSSR count). The van der Waals surface area contributed by atoms with Gasteiger partial charge in [0, 0.05) is 26.0 Å². The van der Waals surface area contributed by atoms with E-state index >= 15 is 0 Å². The molecule has 0 bridgehead atoms. The molecule has 0 atom stereocenters. The fourth-order valence-electron chi connectivity index (χ4n) is 0.938. The van der Waals surface area contributed by atoms with E-state index in [0.29, 0.717) is 11.7 Å². The largest absolute Gasteiger partial charge is 0.451 e. The molecule has 1 N–H and O–H groups in total. The van der Waals surface area contributed by atoms with Crippen molar-refractivity contribution in [3.05, 3.63) is 23.7 Å². The van der Waals surface area contributed by atoms with Crippen LogP contribution in [0.2, 0.25) is 0 Å². The quantitative estimate of drug-likeness (QED) is 0.616. The Morgan fingerprint density at radius 3 is 2.94 bits per heavy atom. The van der Waals surface area contributed by atoms with Gasteiger partial charge >= 0.3 is 5.97 Å². The Hall–Kier alpha value is -1.89. The maximum atomic E-state index is 11.6. The standard InChI is InChI=1S/C11H15N3O3S/c1-4-5-12-11-13-8(7-18-11)10(16)17-6-9(15)14(2)3/h4,7H,1,5-6H2,2-3H3,(H,12,13). The number of aromatic nitrogens is 1. The van der Waals surface area contributed by atoms with Gasteiger partial charge in [-0.25, -0.2) is 9.78 Å². The Morgan fingerprint density at radius 2 is 2.33 bits per heavy atom. The van der Waals surface area contributed by atoms with E-state index in [0.717, 1.165) is 0 Å². The average Bonchev–Trinajstić information content (AvgIpc) is 2.81. The molecule has 1 heterocycles. The highest BCUT2D eigenvalue weighted by Gasteiger charge is 2.14. The highest BCUT2D eigenvalue weighted by Crippen LogP contribution is 2.15.